The van der Waals surface area contributed by atoms with Crippen molar-refractivity contribution in [3.05, 3.63) is 70.9 Å². The van der Waals surface area contributed by atoms with E-state index in [1.807, 2.05) is 30.5 Å². The fraction of sp³-hybridized carbons (Fsp3) is 0.304. The van der Waals surface area contributed by atoms with Gasteiger partial charge in [0.25, 0.3) is 5.91 Å². The first kappa shape index (κ1) is 20.6. The average molecular weight is 427 g/mol. The molecule has 6 nitrogen and oxygen atoms in total. The third kappa shape index (κ3) is 4.73. The second-order valence-electron chi connectivity index (χ2n) is 7.14. The van der Waals surface area contributed by atoms with Crippen LogP contribution in [0.3, 0.4) is 0 Å². The van der Waals surface area contributed by atoms with Crippen molar-refractivity contribution in [2.24, 2.45) is 0 Å². The van der Waals surface area contributed by atoms with E-state index in [9.17, 15) is 4.79 Å². The Labute approximate surface area is 180 Å². The molecule has 0 aliphatic carbocycles. The van der Waals surface area contributed by atoms with Crippen LogP contribution >= 0.6 is 11.6 Å². The molecule has 1 amide bonds. The van der Waals surface area contributed by atoms with Gasteiger partial charge in [0.2, 0.25) is 0 Å². The highest BCUT2D eigenvalue weighted by Gasteiger charge is 2.24. The number of amides is 1. The number of halogens is 1. The number of ether oxygens (including phenoxy) is 3. The van der Waals surface area contributed by atoms with E-state index in [-0.39, 0.29) is 18.2 Å². The minimum Gasteiger partial charge on any atom is -0.497 e. The van der Waals surface area contributed by atoms with Gasteiger partial charge in [-0.05, 0) is 48.4 Å². The molecule has 1 N–H and O–H groups in total. The Morgan fingerprint density at radius 3 is 2.77 bits per heavy atom. The molecule has 1 aromatic heterocycles. The van der Waals surface area contributed by atoms with Gasteiger partial charge in [0.15, 0.2) is 6.29 Å². The molecular formula is C23H23ClN2O4. The molecule has 156 valence electrons. The van der Waals surface area contributed by atoms with Gasteiger partial charge in [-0.2, -0.15) is 0 Å². The number of aryl methyl sites for hydroxylation is 1. The highest BCUT2D eigenvalue weighted by molar-refractivity contribution is 6.33. The number of hydrogen-bond donors (Lipinski definition) is 1. The number of rotatable bonds is 6. The number of hydrogen-bond acceptors (Lipinski definition) is 5. The molecule has 0 atom stereocenters. The van der Waals surface area contributed by atoms with Gasteiger partial charge in [0.05, 0.1) is 42.5 Å². The lowest BCUT2D eigenvalue weighted by Crippen LogP contribution is -2.47. The summed E-state index contributed by atoms with van der Waals surface area (Å²) >= 11 is 6.08. The van der Waals surface area contributed by atoms with E-state index in [0.717, 1.165) is 23.1 Å². The van der Waals surface area contributed by atoms with Gasteiger partial charge in [-0.3, -0.25) is 9.78 Å². The normalized spacial score (nSPS) is 18.9. The van der Waals surface area contributed by atoms with Gasteiger partial charge in [0, 0.05) is 18.0 Å². The van der Waals surface area contributed by atoms with Crippen molar-refractivity contribution in [2.75, 3.05) is 20.3 Å². The lowest BCUT2D eigenvalue weighted by atomic mass is 10.0. The van der Waals surface area contributed by atoms with Crippen LogP contribution in [0.15, 0.2) is 54.7 Å². The van der Waals surface area contributed by atoms with Crippen LogP contribution < -0.4 is 10.1 Å². The summed E-state index contributed by atoms with van der Waals surface area (Å²) in [5, 5.41) is 4.40. The molecule has 0 spiro atoms. The number of aromatic nitrogens is 1. The van der Waals surface area contributed by atoms with E-state index in [0.29, 0.717) is 30.2 Å². The molecule has 7 heteroatoms. The zero-order valence-corrected chi connectivity index (χ0v) is 17.4. The van der Waals surface area contributed by atoms with Gasteiger partial charge >= 0.3 is 0 Å². The van der Waals surface area contributed by atoms with Gasteiger partial charge in [0.1, 0.15) is 5.75 Å². The summed E-state index contributed by atoms with van der Waals surface area (Å²) in [6.45, 7) is 0.789. The Balaban J connectivity index is 1.31. The minimum absolute atomic E-state index is 0.212. The molecule has 1 fully saturated rings. The molecule has 1 aliphatic rings. The number of fused-ring (bicyclic) bond motifs is 1. The van der Waals surface area contributed by atoms with Crippen LogP contribution in [0.1, 0.15) is 22.3 Å². The molecule has 2 aromatic carbocycles. The molecule has 0 saturated carbocycles. The predicted molar refractivity (Wildman–Crippen MR) is 115 cm³/mol. The number of benzene rings is 2. The maximum atomic E-state index is 12.4. The van der Waals surface area contributed by atoms with Gasteiger partial charge in [-0.15, -0.1) is 0 Å². The van der Waals surface area contributed by atoms with Crippen LogP contribution in [0.4, 0.5) is 0 Å². The maximum Gasteiger partial charge on any atom is 0.253 e. The molecule has 0 radical (unpaired) electrons. The molecule has 0 unspecified atom stereocenters. The van der Waals surface area contributed by atoms with Crippen molar-refractivity contribution in [3.63, 3.8) is 0 Å². The summed E-state index contributed by atoms with van der Waals surface area (Å²) in [4.78, 5) is 16.8. The topological polar surface area (TPSA) is 69.7 Å². The van der Waals surface area contributed by atoms with E-state index in [1.165, 1.54) is 5.56 Å². The summed E-state index contributed by atoms with van der Waals surface area (Å²) in [6.07, 6.45) is 2.99. The lowest BCUT2D eigenvalue weighted by Gasteiger charge is -2.30. The smallest absolute Gasteiger partial charge is 0.253 e. The van der Waals surface area contributed by atoms with Crippen LogP contribution in [-0.4, -0.2) is 43.5 Å². The Morgan fingerprint density at radius 2 is 2.00 bits per heavy atom. The molecule has 2 heterocycles. The van der Waals surface area contributed by atoms with Crippen LogP contribution in [0.5, 0.6) is 5.75 Å². The zero-order chi connectivity index (χ0) is 20.9. The highest BCUT2D eigenvalue weighted by Crippen LogP contribution is 2.24. The largest absolute Gasteiger partial charge is 0.497 e. The number of carbonyl (C=O) groups excluding carboxylic acids is 1. The van der Waals surface area contributed by atoms with Crippen LogP contribution in [0.25, 0.3) is 10.9 Å². The lowest BCUT2D eigenvalue weighted by molar-refractivity contribution is -0.190. The molecule has 0 bridgehead atoms. The summed E-state index contributed by atoms with van der Waals surface area (Å²) in [7, 11) is 1.65. The fourth-order valence-corrected chi connectivity index (χ4v) is 3.72. The summed E-state index contributed by atoms with van der Waals surface area (Å²) < 4.78 is 17.0. The number of carbonyl (C=O) groups is 1. The molecule has 30 heavy (non-hydrogen) atoms. The molecular weight excluding hydrogens is 404 g/mol. The minimum atomic E-state index is -0.313. The molecule has 4 rings (SSSR count). The Kier molecular flexibility index (Phi) is 6.47. The second-order valence-corrected chi connectivity index (χ2v) is 7.55. The average Bonchev–Trinajstić information content (AvgIpc) is 2.78. The SMILES string of the molecule is COc1ccc2nccc(CCC3OCC(NC(=O)c4ccccc4Cl)CO3)c2c1. The van der Waals surface area contributed by atoms with E-state index < -0.39 is 0 Å². The van der Waals surface area contributed by atoms with E-state index in [1.54, 1.807) is 31.4 Å². The van der Waals surface area contributed by atoms with Crippen molar-refractivity contribution in [3.8, 4) is 5.75 Å². The van der Waals surface area contributed by atoms with E-state index in [2.05, 4.69) is 10.3 Å². The zero-order valence-electron chi connectivity index (χ0n) is 16.6. The quantitative estimate of drug-likeness (QED) is 0.645. The van der Waals surface area contributed by atoms with Gasteiger partial charge < -0.3 is 19.5 Å². The predicted octanol–water partition coefficient (Wildman–Crippen LogP) is 4.00. The van der Waals surface area contributed by atoms with Crippen LogP contribution in [0, 0.1) is 0 Å². The van der Waals surface area contributed by atoms with Crippen molar-refractivity contribution in [1.29, 1.82) is 0 Å². The summed E-state index contributed by atoms with van der Waals surface area (Å²) in [5.41, 5.74) is 2.54. The van der Waals surface area contributed by atoms with Gasteiger partial charge in [-0.1, -0.05) is 23.7 Å². The maximum absolute atomic E-state index is 12.4. The van der Waals surface area contributed by atoms with Crippen molar-refractivity contribution < 1.29 is 19.0 Å². The first-order chi connectivity index (χ1) is 14.6. The number of nitrogens with zero attached hydrogens (tertiary/aromatic N) is 1. The third-order valence-corrected chi connectivity index (χ3v) is 5.44. The standard InChI is InChI=1S/C23H23ClN2O4/c1-28-17-7-8-21-19(12-17)15(10-11-25-21)6-9-22-29-13-16(14-30-22)26-23(27)18-4-2-3-5-20(18)24/h2-5,7-8,10-12,16,22H,6,9,13-14H2,1H3,(H,26,27). The molecule has 1 saturated heterocycles. The fourth-order valence-electron chi connectivity index (χ4n) is 3.50. The summed E-state index contributed by atoms with van der Waals surface area (Å²) in [6, 6.07) is 14.6. The van der Waals surface area contributed by atoms with Crippen molar-refractivity contribution >= 4 is 28.4 Å². The Morgan fingerprint density at radius 1 is 1.20 bits per heavy atom. The number of pyridine rings is 1. The first-order valence-corrected chi connectivity index (χ1v) is 10.2. The van der Waals surface area contributed by atoms with Crippen molar-refractivity contribution in [2.45, 2.75) is 25.2 Å². The Bertz CT molecular complexity index is 1030. The Hall–Kier alpha value is -2.67. The molecule has 1 aliphatic heterocycles. The van der Waals surface area contributed by atoms with Crippen molar-refractivity contribution in [1.82, 2.24) is 10.3 Å². The van der Waals surface area contributed by atoms with E-state index in [4.69, 9.17) is 25.8 Å². The number of methoxy groups -OCH3 is 1. The summed E-state index contributed by atoms with van der Waals surface area (Å²) in [5.74, 6) is 0.576. The third-order valence-electron chi connectivity index (χ3n) is 5.11. The number of nitrogens with one attached hydrogen (secondary N) is 1. The molecule has 3 aromatic rings. The first-order valence-electron chi connectivity index (χ1n) is 9.84. The highest BCUT2D eigenvalue weighted by atomic mass is 35.5. The van der Waals surface area contributed by atoms with Gasteiger partial charge in [-0.25, -0.2) is 0 Å². The second kappa shape index (κ2) is 9.43. The van der Waals surface area contributed by atoms with E-state index >= 15 is 0 Å². The van der Waals surface area contributed by atoms with Crippen LogP contribution in [-0.2, 0) is 15.9 Å². The van der Waals surface area contributed by atoms with Crippen LogP contribution in [0.2, 0.25) is 5.02 Å². The monoisotopic (exact) mass is 426 g/mol.